The van der Waals surface area contributed by atoms with Crippen LogP contribution < -0.4 is 19.7 Å². The van der Waals surface area contributed by atoms with Gasteiger partial charge in [-0.1, -0.05) is 38.3 Å². The number of nitrogens with one attached hydrogen (secondary N) is 2. The zero-order chi connectivity index (χ0) is 24.6. The summed E-state index contributed by atoms with van der Waals surface area (Å²) in [4.78, 5) is 25.7. The zero-order valence-electron chi connectivity index (χ0n) is 19.7. The number of para-hydroxylation sites is 1. The second-order valence-corrected chi connectivity index (χ2v) is 10.4. The van der Waals surface area contributed by atoms with E-state index in [1.165, 1.54) is 6.42 Å². The van der Waals surface area contributed by atoms with Crippen LogP contribution in [0.25, 0.3) is 0 Å². The van der Waals surface area contributed by atoms with Crippen molar-refractivity contribution in [2.75, 3.05) is 29.0 Å². The third kappa shape index (κ3) is 7.21. The van der Waals surface area contributed by atoms with Crippen molar-refractivity contribution in [3.8, 4) is 5.75 Å². The number of carbonyl (C=O) groups excluding carboxylic acids is 2. The molecule has 0 saturated heterocycles. The van der Waals surface area contributed by atoms with Gasteiger partial charge in [0.1, 0.15) is 12.3 Å². The van der Waals surface area contributed by atoms with E-state index in [0.717, 1.165) is 42.7 Å². The van der Waals surface area contributed by atoms with Crippen LogP contribution in [0, 0.1) is 0 Å². The molecule has 9 heteroatoms. The number of hydrogen-bond acceptors (Lipinski definition) is 5. The summed E-state index contributed by atoms with van der Waals surface area (Å²) >= 11 is 0. The zero-order valence-corrected chi connectivity index (χ0v) is 20.6. The van der Waals surface area contributed by atoms with Crippen LogP contribution in [0.2, 0.25) is 0 Å². The molecule has 184 valence electrons. The molecule has 1 fully saturated rings. The third-order valence-electron chi connectivity index (χ3n) is 5.67. The maximum absolute atomic E-state index is 12.8. The van der Waals surface area contributed by atoms with E-state index in [1.807, 2.05) is 6.92 Å². The molecule has 0 aromatic heterocycles. The van der Waals surface area contributed by atoms with Crippen LogP contribution in [0.3, 0.4) is 0 Å². The Morgan fingerprint density at radius 2 is 1.71 bits per heavy atom. The minimum atomic E-state index is -3.73. The lowest BCUT2D eigenvalue weighted by molar-refractivity contribution is -0.114. The molecule has 34 heavy (non-hydrogen) atoms. The summed E-state index contributed by atoms with van der Waals surface area (Å²) in [5.74, 6) is -0.165. The van der Waals surface area contributed by atoms with Gasteiger partial charge in [-0.3, -0.25) is 13.9 Å². The van der Waals surface area contributed by atoms with Crippen LogP contribution in [-0.2, 0) is 14.8 Å². The van der Waals surface area contributed by atoms with Gasteiger partial charge in [0.15, 0.2) is 0 Å². The summed E-state index contributed by atoms with van der Waals surface area (Å²) in [6.07, 6.45) is 7.18. The number of anilines is 2. The Balaban J connectivity index is 1.71. The van der Waals surface area contributed by atoms with E-state index in [9.17, 15) is 18.0 Å². The van der Waals surface area contributed by atoms with Gasteiger partial charge < -0.3 is 15.4 Å². The molecule has 8 nitrogen and oxygen atoms in total. The molecule has 2 amide bonds. The van der Waals surface area contributed by atoms with Crippen molar-refractivity contribution >= 4 is 33.2 Å². The maximum Gasteiger partial charge on any atom is 0.253 e. The highest BCUT2D eigenvalue weighted by Crippen LogP contribution is 2.23. The predicted octanol–water partition coefficient (Wildman–Crippen LogP) is 3.94. The Morgan fingerprint density at radius 3 is 2.35 bits per heavy atom. The largest absolute Gasteiger partial charge is 0.494 e. The Kier molecular flexibility index (Phi) is 8.92. The second kappa shape index (κ2) is 11.9. The standard InChI is InChI=1S/C25H33N3O5S/c1-3-17-33-21-15-13-20(14-16-21)28(34(2,31)32)18-24(29)27-23-12-8-7-11-22(23)25(30)26-19-9-5-4-6-10-19/h7-8,11-16,19H,3-6,9-10,17-18H2,1-2H3,(H,26,30)(H,27,29). The fourth-order valence-electron chi connectivity index (χ4n) is 3.95. The molecule has 2 aromatic rings. The first kappa shape index (κ1) is 25.6. The first-order valence-electron chi connectivity index (χ1n) is 11.7. The number of carbonyl (C=O) groups is 2. The van der Waals surface area contributed by atoms with Crippen molar-refractivity contribution in [1.29, 1.82) is 0 Å². The highest BCUT2D eigenvalue weighted by atomic mass is 32.2. The molecule has 0 bridgehead atoms. The number of amides is 2. The second-order valence-electron chi connectivity index (χ2n) is 8.51. The Bertz CT molecular complexity index is 1080. The van der Waals surface area contributed by atoms with Crippen molar-refractivity contribution in [3.05, 3.63) is 54.1 Å². The van der Waals surface area contributed by atoms with Crippen LogP contribution in [-0.4, -0.2) is 45.7 Å². The average molecular weight is 488 g/mol. The van der Waals surface area contributed by atoms with Gasteiger partial charge in [0.25, 0.3) is 5.91 Å². The summed E-state index contributed by atoms with van der Waals surface area (Å²) < 4.78 is 31.4. The average Bonchev–Trinajstić information content (AvgIpc) is 2.82. The highest BCUT2D eigenvalue weighted by Gasteiger charge is 2.23. The molecule has 0 spiro atoms. The summed E-state index contributed by atoms with van der Waals surface area (Å²) in [5.41, 5.74) is 1.05. The minimum Gasteiger partial charge on any atom is -0.494 e. The lowest BCUT2D eigenvalue weighted by Gasteiger charge is -2.24. The van der Waals surface area contributed by atoms with Crippen LogP contribution >= 0.6 is 0 Å². The number of hydrogen-bond donors (Lipinski definition) is 2. The van der Waals surface area contributed by atoms with E-state index >= 15 is 0 Å². The molecule has 1 aliphatic rings. The summed E-state index contributed by atoms with van der Waals surface area (Å²) in [6, 6.07) is 13.4. The lowest BCUT2D eigenvalue weighted by atomic mass is 9.95. The minimum absolute atomic E-state index is 0.134. The van der Waals surface area contributed by atoms with Gasteiger partial charge in [0, 0.05) is 6.04 Å². The highest BCUT2D eigenvalue weighted by molar-refractivity contribution is 7.92. The van der Waals surface area contributed by atoms with E-state index in [2.05, 4.69) is 10.6 Å². The number of nitrogens with zero attached hydrogens (tertiary/aromatic N) is 1. The molecular formula is C25H33N3O5S. The Labute approximate surface area is 201 Å². The quantitative estimate of drug-likeness (QED) is 0.528. The normalized spacial score (nSPS) is 14.3. The summed E-state index contributed by atoms with van der Waals surface area (Å²) in [6.45, 7) is 2.13. The van der Waals surface area contributed by atoms with E-state index < -0.39 is 22.5 Å². The van der Waals surface area contributed by atoms with Gasteiger partial charge in [-0.05, 0) is 55.7 Å². The van der Waals surface area contributed by atoms with Gasteiger partial charge in [0.2, 0.25) is 15.9 Å². The number of rotatable bonds is 10. The van der Waals surface area contributed by atoms with Gasteiger partial charge in [0.05, 0.1) is 29.8 Å². The van der Waals surface area contributed by atoms with E-state index in [-0.39, 0.29) is 11.9 Å². The predicted molar refractivity (Wildman–Crippen MR) is 134 cm³/mol. The van der Waals surface area contributed by atoms with Crippen molar-refractivity contribution in [2.45, 2.75) is 51.5 Å². The molecule has 2 N–H and O–H groups in total. The van der Waals surface area contributed by atoms with Gasteiger partial charge in [-0.2, -0.15) is 0 Å². The Morgan fingerprint density at radius 1 is 1.03 bits per heavy atom. The molecule has 1 saturated carbocycles. The maximum atomic E-state index is 12.8. The topological polar surface area (TPSA) is 105 Å². The summed E-state index contributed by atoms with van der Waals surface area (Å²) in [7, 11) is -3.73. The van der Waals surface area contributed by atoms with Gasteiger partial charge in [-0.15, -0.1) is 0 Å². The van der Waals surface area contributed by atoms with Gasteiger partial charge in [-0.25, -0.2) is 8.42 Å². The molecule has 3 rings (SSSR count). The molecular weight excluding hydrogens is 454 g/mol. The molecule has 0 unspecified atom stereocenters. The van der Waals surface area contributed by atoms with Crippen molar-refractivity contribution in [2.24, 2.45) is 0 Å². The van der Waals surface area contributed by atoms with Gasteiger partial charge >= 0.3 is 0 Å². The fourth-order valence-corrected chi connectivity index (χ4v) is 4.81. The molecule has 0 aliphatic heterocycles. The molecule has 2 aromatic carbocycles. The number of ether oxygens (including phenoxy) is 1. The molecule has 0 atom stereocenters. The molecule has 0 radical (unpaired) electrons. The third-order valence-corrected chi connectivity index (χ3v) is 6.81. The summed E-state index contributed by atoms with van der Waals surface area (Å²) in [5, 5.41) is 5.76. The van der Waals surface area contributed by atoms with Crippen molar-refractivity contribution < 1.29 is 22.7 Å². The van der Waals surface area contributed by atoms with Crippen LogP contribution in [0.5, 0.6) is 5.75 Å². The van der Waals surface area contributed by atoms with E-state index in [4.69, 9.17) is 4.74 Å². The van der Waals surface area contributed by atoms with E-state index in [1.54, 1.807) is 48.5 Å². The van der Waals surface area contributed by atoms with Crippen molar-refractivity contribution in [1.82, 2.24) is 5.32 Å². The van der Waals surface area contributed by atoms with Crippen LogP contribution in [0.4, 0.5) is 11.4 Å². The monoisotopic (exact) mass is 487 g/mol. The first-order valence-corrected chi connectivity index (χ1v) is 13.5. The molecule has 1 aliphatic carbocycles. The number of sulfonamides is 1. The first-order chi connectivity index (χ1) is 16.3. The fraction of sp³-hybridized carbons (Fsp3) is 0.440. The molecule has 0 heterocycles. The SMILES string of the molecule is CCCOc1ccc(N(CC(=O)Nc2ccccc2C(=O)NC2CCCCC2)S(C)(=O)=O)cc1. The smallest absolute Gasteiger partial charge is 0.253 e. The van der Waals surface area contributed by atoms with E-state index in [0.29, 0.717) is 29.3 Å². The van der Waals surface area contributed by atoms with Crippen LogP contribution in [0.1, 0.15) is 55.8 Å². The van der Waals surface area contributed by atoms with Crippen molar-refractivity contribution in [3.63, 3.8) is 0 Å². The van der Waals surface area contributed by atoms with Crippen LogP contribution in [0.15, 0.2) is 48.5 Å². The Hall–Kier alpha value is -3.07. The lowest BCUT2D eigenvalue weighted by Crippen LogP contribution is -2.38. The number of benzene rings is 2.